The van der Waals surface area contributed by atoms with Gasteiger partial charge in [0.2, 0.25) is 11.7 Å². The number of ether oxygens (including phenoxy) is 1. The molecular formula is C23H22N4O4S. The molecule has 1 amide bonds. The lowest BCUT2D eigenvalue weighted by atomic mass is 10.2. The summed E-state index contributed by atoms with van der Waals surface area (Å²) in [7, 11) is 0. The first-order valence-corrected chi connectivity index (χ1v) is 11.3. The van der Waals surface area contributed by atoms with Crippen molar-refractivity contribution >= 4 is 17.2 Å². The van der Waals surface area contributed by atoms with Gasteiger partial charge >= 0.3 is 0 Å². The average molecular weight is 451 g/mol. The quantitative estimate of drug-likeness (QED) is 0.422. The summed E-state index contributed by atoms with van der Waals surface area (Å²) in [5.74, 6) is 2.18. The molecular weight excluding hydrogens is 428 g/mol. The minimum atomic E-state index is -0.112. The van der Waals surface area contributed by atoms with Crippen LogP contribution in [0, 0.1) is 0 Å². The molecule has 0 unspecified atom stereocenters. The molecule has 1 aliphatic rings. The van der Waals surface area contributed by atoms with Crippen LogP contribution in [0.15, 0.2) is 69.1 Å². The lowest BCUT2D eigenvalue weighted by Crippen LogP contribution is -2.48. The molecule has 164 valence electrons. The Kier molecular flexibility index (Phi) is 6.00. The molecule has 9 heteroatoms. The Morgan fingerprint density at radius 3 is 2.69 bits per heavy atom. The summed E-state index contributed by atoms with van der Waals surface area (Å²) in [4.78, 5) is 22.5. The number of aromatic nitrogens is 2. The van der Waals surface area contributed by atoms with Gasteiger partial charge in [0.1, 0.15) is 12.4 Å². The van der Waals surface area contributed by atoms with E-state index in [2.05, 4.69) is 15.0 Å². The normalized spacial score (nSPS) is 14.6. The van der Waals surface area contributed by atoms with Crippen molar-refractivity contribution in [3.8, 4) is 16.5 Å². The molecule has 8 nitrogen and oxygen atoms in total. The Balaban J connectivity index is 1.15. The number of piperazine rings is 1. The molecule has 0 spiro atoms. The number of thiophene rings is 1. The zero-order valence-corrected chi connectivity index (χ0v) is 18.2. The Bertz CT molecular complexity index is 1150. The van der Waals surface area contributed by atoms with E-state index in [0.29, 0.717) is 37.1 Å². The number of amides is 1. The number of nitrogens with zero attached hydrogens (tertiary/aromatic N) is 4. The first kappa shape index (κ1) is 20.5. The van der Waals surface area contributed by atoms with Crippen molar-refractivity contribution < 1.29 is 18.5 Å². The molecule has 0 atom stereocenters. The molecule has 1 saturated heterocycles. The number of carbonyl (C=O) groups is 1. The molecule has 1 fully saturated rings. The van der Waals surface area contributed by atoms with Crippen LogP contribution in [-0.4, -0.2) is 52.0 Å². The van der Waals surface area contributed by atoms with Gasteiger partial charge in [0.15, 0.2) is 5.76 Å². The van der Waals surface area contributed by atoms with Crippen LogP contribution in [0.1, 0.15) is 22.0 Å². The van der Waals surface area contributed by atoms with Gasteiger partial charge in [-0.2, -0.15) is 4.98 Å². The van der Waals surface area contributed by atoms with E-state index in [9.17, 15) is 4.79 Å². The summed E-state index contributed by atoms with van der Waals surface area (Å²) in [5, 5.41) is 6.04. The molecule has 1 aliphatic heterocycles. The number of rotatable bonds is 7. The smallest absolute Gasteiger partial charge is 0.290 e. The topological polar surface area (TPSA) is 84.8 Å². The zero-order valence-electron chi connectivity index (χ0n) is 17.3. The summed E-state index contributed by atoms with van der Waals surface area (Å²) in [6.45, 7) is 3.50. The van der Waals surface area contributed by atoms with Gasteiger partial charge in [-0.3, -0.25) is 9.69 Å². The van der Waals surface area contributed by atoms with Crippen molar-refractivity contribution in [1.82, 2.24) is 19.9 Å². The monoisotopic (exact) mass is 450 g/mol. The molecule has 0 N–H and O–H groups in total. The average Bonchev–Trinajstić information content (AvgIpc) is 3.60. The minimum absolute atomic E-state index is 0.112. The van der Waals surface area contributed by atoms with E-state index in [1.807, 2.05) is 52.7 Å². The van der Waals surface area contributed by atoms with Gasteiger partial charge in [0, 0.05) is 31.7 Å². The highest BCUT2D eigenvalue weighted by atomic mass is 32.1. The summed E-state index contributed by atoms with van der Waals surface area (Å²) in [6.07, 6.45) is 1.54. The van der Waals surface area contributed by atoms with Crippen LogP contribution < -0.4 is 4.74 Å². The van der Waals surface area contributed by atoms with Gasteiger partial charge in [-0.1, -0.05) is 29.4 Å². The highest BCUT2D eigenvalue weighted by Crippen LogP contribution is 2.22. The van der Waals surface area contributed by atoms with Crippen molar-refractivity contribution in [2.24, 2.45) is 0 Å². The van der Waals surface area contributed by atoms with E-state index in [-0.39, 0.29) is 12.5 Å². The zero-order chi connectivity index (χ0) is 21.8. The molecule has 0 saturated carbocycles. The van der Waals surface area contributed by atoms with Crippen LogP contribution in [0.4, 0.5) is 0 Å². The van der Waals surface area contributed by atoms with Crippen molar-refractivity contribution in [2.45, 2.75) is 13.2 Å². The Morgan fingerprint density at radius 1 is 1.06 bits per heavy atom. The predicted octanol–water partition coefficient (Wildman–Crippen LogP) is 3.93. The fourth-order valence-corrected chi connectivity index (χ4v) is 4.23. The number of hydrogen-bond donors (Lipinski definition) is 0. The summed E-state index contributed by atoms with van der Waals surface area (Å²) >= 11 is 1.58. The van der Waals surface area contributed by atoms with Gasteiger partial charge in [0.25, 0.3) is 5.91 Å². The van der Waals surface area contributed by atoms with Crippen LogP contribution in [0.3, 0.4) is 0 Å². The molecule has 32 heavy (non-hydrogen) atoms. The second-order valence-electron chi connectivity index (χ2n) is 7.43. The molecule has 4 aromatic rings. The van der Waals surface area contributed by atoms with Gasteiger partial charge in [-0.25, -0.2) is 0 Å². The molecule has 1 aromatic carbocycles. The summed E-state index contributed by atoms with van der Waals surface area (Å²) < 4.78 is 16.7. The molecule has 5 rings (SSSR count). The Morgan fingerprint density at radius 2 is 1.91 bits per heavy atom. The Hall–Kier alpha value is -3.43. The highest BCUT2D eigenvalue weighted by molar-refractivity contribution is 7.13. The molecule has 0 bridgehead atoms. The van der Waals surface area contributed by atoms with Gasteiger partial charge in [-0.15, -0.1) is 11.3 Å². The third kappa shape index (κ3) is 4.58. The van der Waals surface area contributed by atoms with Gasteiger partial charge in [-0.05, 0) is 29.6 Å². The maximum Gasteiger partial charge on any atom is 0.290 e. The molecule has 4 heterocycles. The standard InChI is InChI=1S/C23H22N4O4S/c28-23(21-17(8-13-29-21)16-30-18-5-2-1-3-6-18)27-11-9-26(10-12-27)15-20-24-22(25-31-20)19-7-4-14-32-19/h1-8,13-14H,9-12,15-16H2. The van der Waals surface area contributed by atoms with Gasteiger partial charge in [0.05, 0.1) is 17.7 Å². The first-order chi connectivity index (χ1) is 15.8. The van der Waals surface area contributed by atoms with Crippen molar-refractivity contribution in [1.29, 1.82) is 0 Å². The lowest BCUT2D eigenvalue weighted by Gasteiger charge is -2.33. The minimum Gasteiger partial charge on any atom is -0.489 e. The van der Waals surface area contributed by atoms with E-state index in [1.54, 1.807) is 17.4 Å². The van der Waals surface area contributed by atoms with E-state index < -0.39 is 0 Å². The van der Waals surface area contributed by atoms with Crippen LogP contribution >= 0.6 is 11.3 Å². The SMILES string of the molecule is O=C(c1occc1COc1ccccc1)N1CCN(Cc2nc(-c3cccs3)no2)CC1. The number of furan rings is 1. The molecule has 3 aromatic heterocycles. The van der Waals surface area contributed by atoms with E-state index >= 15 is 0 Å². The third-order valence-electron chi connectivity index (χ3n) is 5.31. The fourth-order valence-electron chi connectivity index (χ4n) is 3.58. The van der Waals surface area contributed by atoms with E-state index in [1.165, 1.54) is 6.26 Å². The highest BCUT2D eigenvalue weighted by Gasteiger charge is 2.27. The van der Waals surface area contributed by atoms with E-state index in [4.69, 9.17) is 13.7 Å². The van der Waals surface area contributed by atoms with Crippen molar-refractivity contribution in [3.05, 3.63) is 77.4 Å². The summed E-state index contributed by atoms with van der Waals surface area (Å²) in [6, 6.07) is 15.2. The molecule has 0 aliphatic carbocycles. The largest absolute Gasteiger partial charge is 0.489 e. The fraction of sp³-hybridized carbons (Fsp3) is 0.261. The Labute approximate surface area is 189 Å². The van der Waals surface area contributed by atoms with Crippen LogP contribution in [0.2, 0.25) is 0 Å². The second-order valence-corrected chi connectivity index (χ2v) is 8.38. The first-order valence-electron chi connectivity index (χ1n) is 10.4. The summed E-state index contributed by atoms with van der Waals surface area (Å²) in [5.41, 5.74) is 0.744. The van der Waals surface area contributed by atoms with Gasteiger partial charge < -0.3 is 18.6 Å². The number of carbonyl (C=O) groups excluding carboxylic acids is 1. The number of hydrogen-bond acceptors (Lipinski definition) is 8. The second kappa shape index (κ2) is 9.37. The van der Waals surface area contributed by atoms with E-state index in [0.717, 1.165) is 29.3 Å². The van der Waals surface area contributed by atoms with Crippen LogP contribution in [-0.2, 0) is 13.2 Å². The number of para-hydroxylation sites is 1. The van der Waals surface area contributed by atoms with Crippen LogP contribution in [0.25, 0.3) is 10.7 Å². The lowest BCUT2D eigenvalue weighted by molar-refractivity contribution is 0.0581. The maximum absolute atomic E-state index is 13.0. The maximum atomic E-state index is 13.0. The van der Waals surface area contributed by atoms with Crippen molar-refractivity contribution in [2.75, 3.05) is 26.2 Å². The predicted molar refractivity (Wildman–Crippen MR) is 118 cm³/mol. The van der Waals surface area contributed by atoms with Crippen LogP contribution in [0.5, 0.6) is 5.75 Å². The molecule has 0 radical (unpaired) electrons. The third-order valence-corrected chi connectivity index (χ3v) is 6.17. The number of benzene rings is 1. The van der Waals surface area contributed by atoms with Crippen molar-refractivity contribution in [3.63, 3.8) is 0 Å².